The highest BCUT2D eigenvalue weighted by atomic mass is 28.4. The van der Waals surface area contributed by atoms with Gasteiger partial charge in [0.1, 0.15) is 5.75 Å². The Morgan fingerprint density at radius 1 is 0.544 bits per heavy atom. The van der Waals surface area contributed by atoms with Crippen molar-refractivity contribution in [2.75, 3.05) is 33.5 Å². The number of benzene rings is 3. The Balaban J connectivity index is -0.00000100. The number of ether oxygens (including phenoxy) is 4. The summed E-state index contributed by atoms with van der Waals surface area (Å²) in [7, 11) is -1.69. The van der Waals surface area contributed by atoms with Crippen LogP contribution >= 0.6 is 0 Å². The van der Waals surface area contributed by atoms with Crippen molar-refractivity contribution < 1.29 is 32.9 Å². The molecule has 0 aromatic heterocycles. The third-order valence-electron chi connectivity index (χ3n) is 10.4. The third kappa shape index (κ3) is 24.4. The van der Waals surface area contributed by atoms with Gasteiger partial charge >= 0.3 is 0 Å². The van der Waals surface area contributed by atoms with Crippen molar-refractivity contribution >= 4 is 16.6 Å². The molecule has 0 radical (unpaired) electrons. The van der Waals surface area contributed by atoms with Crippen LogP contribution in [0.3, 0.4) is 0 Å². The molecule has 2 atom stereocenters. The summed E-state index contributed by atoms with van der Waals surface area (Å²) in [4.78, 5) is 0. The third-order valence-corrected chi connectivity index (χ3v) is 19.4. The van der Waals surface area contributed by atoms with Crippen LogP contribution in [0, 0.1) is 0 Å². The summed E-state index contributed by atoms with van der Waals surface area (Å²) in [6.45, 7) is 26.8. The molecule has 7 nitrogen and oxygen atoms in total. The highest BCUT2D eigenvalue weighted by molar-refractivity contribution is 6.74. The van der Waals surface area contributed by atoms with Crippen LogP contribution in [-0.2, 0) is 42.9 Å². The second-order valence-corrected chi connectivity index (χ2v) is 26.6. The first kappa shape index (κ1) is 59.0. The van der Waals surface area contributed by atoms with E-state index in [1.807, 2.05) is 72.8 Å². The Morgan fingerprint density at radius 2 is 0.947 bits per heavy atom. The van der Waals surface area contributed by atoms with Crippen LogP contribution in [-0.4, -0.2) is 67.5 Å². The maximum Gasteiger partial charge on any atom is 0.191 e. The fourth-order valence-corrected chi connectivity index (χ4v) is 6.90. The maximum atomic E-state index is 9.95. The van der Waals surface area contributed by atoms with Gasteiger partial charge in [0, 0.05) is 13.2 Å². The second-order valence-electron chi connectivity index (χ2n) is 16.9. The van der Waals surface area contributed by atoms with Gasteiger partial charge in [-0.2, -0.15) is 0 Å². The molecule has 0 saturated carbocycles. The number of rotatable bonds is 22. The quantitative estimate of drug-likeness (QED) is 0.0798. The second kappa shape index (κ2) is 29.8. The summed E-state index contributed by atoms with van der Waals surface area (Å²) in [6, 6.07) is 28.3. The summed E-state index contributed by atoms with van der Waals surface area (Å²) in [5.74, 6) is 0.856. The van der Waals surface area contributed by atoms with Gasteiger partial charge < -0.3 is 32.9 Å². The molecule has 0 spiro atoms. The van der Waals surface area contributed by atoms with Crippen molar-refractivity contribution in [1.82, 2.24) is 0 Å². The summed E-state index contributed by atoms with van der Waals surface area (Å²) in [5, 5.41) is 10.4. The van der Waals surface area contributed by atoms with Crippen LogP contribution in [0.2, 0.25) is 36.3 Å². The SMILES string of the molecule is C.C.C.C.CC(C)(C)[Si](C)(C)OCCC[C@@H](O)COCc1ccccc1.COc1ccc(CO[C@H](CCCO[Si](C)(C)C(C)(C)C)COCc2ccccc2)cc1. The van der Waals surface area contributed by atoms with E-state index >= 15 is 0 Å². The molecule has 3 aromatic carbocycles. The monoisotopic (exact) mass is 833 g/mol. The Kier molecular flexibility index (Phi) is 30.8. The Bertz CT molecular complexity index is 1360. The van der Waals surface area contributed by atoms with E-state index in [2.05, 4.69) is 79.9 Å². The molecule has 0 amide bonds. The Labute approximate surface area is 354 Å². The molecule has 330 valence electrons. The van der Waals surface area contributed by atoms with Crippen LogP contribution < -0.4 is 4.74 Å². The predicted octanol–water partition coefficient (Wildman–Crippen LogP) is 13.5. The van der Waals surface area contributed by atoms with Crippen LogP contribution in [0.1, 0.15) is 114 Å². The minimum absolute atomic E-state index is 0. The lowest BCUT2D eigenvalue weighted by atomic mass is 10.2. The van der Waals surface area contributed by atoms with Gasteiger partial charge in [-0.05, 0) is 90.8 Å². The first-order valence-corrected chi connectivity index (χ1v) is 25.2. The van der Waals surface area contributed by atoms with E-state index < -0.39 is 22.7 Å². The normalized spacial score (nSPS) is 12.6. The zero-order valence-corrected chi connectivity index (χ0v) is 36.9. The van der Waals surface area contributed by atoms with Gasteiger partial charge in [0.2, 0.25) is 0 Å². The zero-order valence-electron chi connectivity index (χ0n) is 34.9. The first-order chi connectivity index (χ1) is 24.9. The summed E-state index contributed by atoms with van der Waals surface area (Å²) < 4.78 is 35.4. The van der Waals surface area contributed by atoms with Crippen LogP contribution in [0.25, 0.3) is 0 Å². The molecule has 0 bridgehead atoms. The smallest absolute Gasteiger partial charge is 0.191 e. The lowest BCUT2D eigenvalue weighted by Crippen LogP contribution is -2.41. The minimum atomic E-state index is -1.71. The molecular formula is C48H88O7Si2. The molecule has 57 heavy (non-hydrogen) atoms. The lowest BCUT2D eigenvalue weighted by Gasteiger charge is -2.36. The molecule has 0 heterocycles. The molecule has 9 heteroatoms. The van der Waals surface area contributed by atoms with Crippen LogP contribution in [0.4, 0.5) is 0 Å². The van der Waals surface area contributed by atoms with Crippen molar-refractivity contribution in [1.29, 1.82) is 0 Å². The highest BCUT2D eigenvalue weighted by Crippen LogP contribution is 2.37. The van der Waals surface area contributed by atoms with Gasteiger partial charge in [-0.15, -0.1) is 0 Å². The van der Waals surface area contributed by atoms with Crippen molar-refractivity contribution in [3.8, 4) is 5.75 Å². The molecule has 0 saturated heterocycles. The van der Waals surface area contributed by atoms with E-state index in [1.54, 1.807) is 7.11 Å². The van der Waals surface area contributed by atoms with Crippen molar-refractivity contribution in [3.63, 3.8) is 0 Å². The van der Waals surface area contributed by atoms with Gasteiger partial charge in [0.25, 0.3) is 0 Å². The van der Waals surface area contributed by atoms with Gasteiger partial charge in [-0.3, -0.25) is 0 Å². The number of methoxy groups -OCH3 is 1. The standard InChI is InChI=1S/C26H40O4Si.C18H32O3Si.4CH4/c1-26(2,3)31(5,6)30-18-10-13-25(21-28-19-22-11-8-7-9-12-22)29-20-23-14-16-24(27-4)17-15-23;1-18(2,3)22(4,5)21-13-9-12-17(19)15-20-14-16-10-7-6-8-11-16;;;;/h7-9,11-12,14-17,25H,10,13,18-21H2,1-6H3;6-8,10-11,17,19H,9,12-15H2,1-5H3;4*1H4/t25-;17-;;;;/m11..../s1. The highest BCUT2D eigenvalue weighted by Gasteiger charge is 2.37. The summed E-state index contributed by atoms with van der Waals surface area (Å²) >= 11 is 0. The maximum absolute atomic E-state index is 9.95. The fourth-order valence-electron chi connectivity index (χ4n) is 4.72. The molecule has 0 aliphatic heterocycles. The van der Waals surface area contributed by atoms with Gasteiger partial charge in [0.05, 0.1) is 52.4 Å². The van der Waals surface area contributed by atoms with E-state index in [9.17, 15) is 5.11 Å². The van der Waals surface area contributed by atoms with Gasteiger partial charge in [-0.1, -0.05) is 144 Å². The molecular weight excluding hydrogens is 745 g/mol. The molecule has 0 unspecified atom stereocenters. The zero-order chi connectivity index (χ0) is 39.4. The largest absolute Gasteiger partial charge is 0.497 e. The average Bonchev–Trinajstić information content (AvgIpc) is 3.11. The number of aliphatic hydroxyl groups is 1. The van der Waals surface area contributed by atoms with E-state index in [1.165, 1.54) is 5.56 Å². The fraction of sp³-hybridized carbons (Fsp3) is 0.625. The molecule has 0 fully saturated rings. The number of hydrogen-bond donors (Lipinski definition) is 1. The topological polar surface area (TPSA) is 75.6 Å². The first-order valence-electron chi connectivity index (χ1n) is 19.4. The molecule has 0 aliphatic carbocycles. The minimum Gasteiger partial charge on any atom is -0.497 e. The van der Waals surface area contributed by atoms with E-state index in [0.29, 0.717) is 33.0 Å². The summed E-state index contributed by atoms with van der Waals surface area (Å²) in [5.41, 5.74) is 3.44. The lowest BCUT2D eigenvalue weighted by molar-refractivity contribution is -0.0353. The number of hydrogen-bond acceptors (Lipinski definition) is 7. The van der Waals surface area contributed by atoms with E-state index in [0.717, 1.165) is 55.8 Å². The molecule has 1 N–H and O–H groups in total. The van der Waals surface area contributed by atoms with Crippen LogP contribution in [0.5, 0.6) is 5.75 Å². The molecule has 3 aromatic rings. The molecule has 0 aliphatic rings. The average molecular weight is 833 g/mol. The van der Waals surface area contributed by atoms with E-state index in [-0.39, 0.29) is 45.9 Å². The van der Waals surface area contributed by atoms with Gasteiger partial charge in [0.15, 0.2) is 16.6 Å². The van der Waals surface area contributed by atoms with Crippen LogP contribution in [0.15, 0.2) is 84.9 Å². The molecule has 3 rings (SSSR count). The van der Waals surface area contributed by atoms with E-state index in [4.69, 9.17) is 27.8 Å². The van der Waals surface area contributed by atoms with Gasteiger partial charge in [-0.25, -0.2) is 0 Å². The van der Waals surface area contributed by atoms with Crippen molar-refractivity contribution in [2.45, 2.75) is 165 Å². The number of aliphatic hydroxyl groups excluding tert-OH is 1. The predicted molar refractivity (Wildman–Crippen MR) is 251 cm³/mol. The summed E-state index contributed by atoms with van der Waals surface area (Å²) in [6.07, 6.45) is 3.11. The Morgan fingerprint density at radius 3 is 1.37 bits per heavy atom. The van der Waals surface area contributed by atoms with Crippen molar-refractivity contribution in [2.24, 2.45) is 0 Å². The Hall–Kier alpha value is -2.35. The van der Waals surface area contributed by atoms with Crippen molar-refractivity contribution in [3.05, 3.63) is 102 Å².